The first-order valence-corrected chi connectivity index (χ1v) is 7.24. The third-order valence-corrected chi connectivity index (χ3v) is 4.63. The molecular weight excluding hydrogens is 244 g/mol. The molecule has 1 saturated heterocycles. The summed E-state index contributed by atoms with van der Waals surface area (Å²) in [5.41, 5.74) is 5.88. The zero-order valence-electron chi connectivity index (χ0n) is 11.6. The molecule has 2 aliphatic rings. The zero-order valence-corrected chi connectivity index (χ0v) is 11.6. The van der Waals surface area contributed by atoms with Gasteiger partial charge in [0.25, 0.3) is 0 Å². The van der Waals surface area contributed by atoms with Crippen molar-refractivity contribution in [2.45, 2.75) is 63.5 Å². The lowest BCUT2D eigenvalue weighted by atomic mass is 9.80. The highest BCUT2D eigenvalue weighted by Gasteiger charge is 2.41. The molecule has 1 aliphatic heterocycles. The van der Waals surface area contributed by atoms with Gasteiger partial charge in [-0.05, 0) is 25.2 Å². The Labute approximate surface area is 114 Å². The standard InChI is InChI=1S/C14H24N2O3/c1-10-5-8-16(12(10)13(18)19)11(17)9-14(15)6-3-2-4-7-14/h10,12H,2-9,15H2,1H3,(H,18,19). The molecule has 1 heterocycles. The quantitative estimate of drug-likeness (QED) is 0.809. The number of amides is 1. The van der Waals surface area contributed by atoms with Crippen LogP contribution in [0.4, 0.5) is 0 Å². The van der Waals surface area contributed by atoms with Crippen LogP contribution < -0.4 is 5.73 Å². The van der Waals surface area contributed by atoms with Crippen molar-refractivity contribution in [3.05, 3.63) is 0 Å². The molecule has 3 N–H and O–H groups in total. The number of nitrogens with two attached hydrogens (primary N) is 1. The number of likely N-dealkylation sites (tertiary alicyclic amines) is 1. The van der Waals surface area contributed by atoms with Crippen molar-refractivity contribution in [1.29, 1.82) is 0 Å². The Kier molecular flexibility index (Phi) is 4.13. The van der Waals surface area contributed by atoms with Gasteiger partial charge in [-0.2, -0.15) is 0 Å². The third-order valence-electron chi connectivity index (χ3n) is 4.63. The van der Waals surface area contributed by atoms with Crippen LogP contribution in [-0.2, 0) is 9.59 Å². The number of carboxylic acids is 1. The lowest BCUT2D eigenvalue weighted by molar-refractivity contribution is -0.150. The molecule has 0 radical (unpaired) electrons. The molecule has 0 aromatic heterocycles. The molecule has 1 aliphatic carbocycles. The summed E-state index contributed by atoms with van der Waals surface area (Å²) in [5, 5.41) is 9.25. The zero-order chi connectivity index (χ0) is 14.0. The molecule has 5 heteroatoms. The summed E-state index contributed by atoms with van der Waals surface area (Å²) in [6.45, 7) is 2.44. The maximum absolute atomic E-state index is 12.4. The Bertz CT molecular complexity index is 364. The largest absolute Gasteiger partial charge is 0.480 e. The summed E-state index contributed by atoms with van der Waals surface area (Å²) in [4.78, 5) is 25.2. The topological polar surface area (TPSA) is 83.6 Å². The number of carbonyl (C=O) groups is 2. The van der Waals surface area contributed by atoms with Crippen LogP contribution in [0.25, 0.3) is 0 Å². The van der Waals surface area contributed by atoms with E-state index in [1.54, 1.807) is 0 Å². The highest BCUT2D eigenvalue weighted by molar-refractivity contribution is 5.85. The van der Waals surface area contributed by atoms with Gasteiger partial charge in [0, 0.05) is 18.5 Å². The lowest BCUT2D eigenvalue weighted by Gasteiger charge is -2.35. The fraction of sp³-hybridized carbons (Fsp3) is 0.857. The average molecular weight is 268 g/mol. The van der Waals surface area contributed by atoms with E-state index < -0.39 is 17.6 Å². The lowest BCUT2D eigenvalue weighted by Crippen LogP contribution is -2.49. The van der Waals surface area contributed by atoms with Gasteiger partial charge in [0.1, 0.15) is 6.04 Å². The van der Waals surface area contributed by atoms with E-state index in [1.807, 2.05) is 6.92 Å². The molecule has 2 atom stereocenters. The average Bonchev–Trinajstić information content (AvgIpc) is 2.71. The first-order valence-electron chi connectivity index (χ1n) is 7.24. The van der Waals surface area contributed by atoms with E-state index in [2.05, 4.69) is 0 Å². The molecule has 19 heavy (non-hydrogen) atoms. The Hall–Kier alpha value is -1.10. The van der Waals surface area contributed by atoms with Crippen molar-refractivity contribution in [3.8, 4) is 0 Å². The van der Waals surface area contributed by atoms with Crippen molar-refractivity contribution < 1.29 is 14.7 Å². The predicted octanol–water partition coefficient (Wildman–Crippen LogP) is 1.36. The van der Waals surface area contributed by atoms with Gasteiger partial charge in [-0.15, -0.1) is 0 Å². The van der Waals surface area contributed by atoms with E-state index in [-0.39, 0.29) is 11.8 Å². The molecule has 0 spiro atoms. The SMILES string of the molecule is CC1CCN(C(=O)CC2(N)CCCCC2)C1C(=O)O. The molecule has 2 unspecified atom stereocenters. The van der Waals surface area contributed by atoms with E-state index in [0.29, 0.717) is 13.0 Å². The molecule has 2 fully saturated rings. The monoisotopic (exact) mass is 268 g/mol. The van der Waals surface area contributed by atoms with E-state index in [0.717, 1.165) is 32.1 Å². The van der Waals surface area contributed by atoms with Gasteiger partial charge in [0.2, 0.25) is 5.91 Å². The van der Waals surface area contributed by atoms with Gasteiger partial charge in [0.05, 0.1) is 0 Å². The molecule has 2 rings (SSSR count). The number of hydrogen-bond donors (Lipinski definition) is 2. The van der Waals surface area contributed by atoms with E-state index >= 15 is 0 Å². The van der Waals surface area contributed by atoms with Crippen LogP contribution in [0.3, 0.4) is 0 Å². The smallest absolute Gasteiger partial charge is 0.326 e. The summed E-state index contributed by atoms with van der Waals surface area (Å²) in [6.07, 6.45) is 6.14. The summed E-state index contributed by atoms with van der Waals surface area (Å²) < 4.78 is 0. The van der Waals surface area contributed by atoms with Gasteiger partial charge >= 0.3 is 5.97 Å². The van der Waals surface area contributed by atoms with Crippen LogP contribution in [0.2, 0.25) is 0 Å². The maximum Gasteiger partial charge on any atom is 0.326 e. The van der Waals surface area contributed by atoms with Gasteiger partial charge in [-0.25, -0.2) is 4.79 Å². The van der Waals surface area contributed by atoms with E-state index in [4.69, 9.17) is 5.73 Å². The fourth-order valence-corrected chi connectivity index (χ4v) is 3.44. The second-order valence-corrected chi connectivity index (χ2v) is 6.24. The minimum atomic E-state index is -0.895. The highest BCUT2D eigenvalue weighted by Crippen LogP contribution is 2.31. The van der Waals surface area contributed by atoms with Crippen LogP contribution in [0.15, 0.2) is 0 Å². The van der Waals surface area contributed by atoms with Crippen molar-refractivity contribution in [2.24, 2.45) is 11.7 Å². The Morgan fingerprint density at radius 3 is 2.53 bits per heavy atom. The predicted molar refractivity (Wildman–Crippen MR) is 71.5 cm³/mol. The van der Waals surface area contributed by atoms with Crippen LogP contribution >= 0.6 is 0 Å². The molecular formula is C14H24N2O3. The van der Waals surface area contributed by atoms with Crippen molar-refractivity contribution >= 4 is 11.9 Å². The summed E-state index contributed by atoms with van der Waals surface area (Å²) in [6, 6.07) is -0.667. The summed E-state index contributed by atoms with van der Waals surface area (Å²) in [7, 11) is 0. The second-order valence-electron chi connectivity index (χ2n) is 6.24. The van der Waals surface area contributed by atoms with Crippen molar-refractivity contribution in [3.63, 3.8) is 0 Å². The van der Waals surface area contributed by atoms with Crippen LogP contribution in [0.5, 0.6) is 0 Å². The van der Waals surface area contributed by atoms with Gasteiger partial charge < -0.3 is 15.7 Å². The van der Waals surface area contributed by atoms with Crippen molar-refractivity contribution in [1.82, 2.24) is 4.90 Å². The first kappa shape index (κ1) is 14.3. The minimum Gasteiger partial charge on any atom is -0.480 e. The van der Waals surface area contributed by atoms with Gasteiger partial charge in [-0.3, -0.25) is 4.79 Å². The number of carboxylic acid groups (broad SMARTS) is 1. The molecule has 0 aromatic rings. The minimum absolute atomic E-state index is 0.0292. The van der Waals surface area contributed by atoms with Crippen LogP contribution in [-0.4, -0.2) is 40.0 Å². The fourth-order valence-electron chi connectivity index (χ4n) is 3.44. The maximum atomic E-state index is 12.4. The molecule has 1 amide bonds. The van der Waals surface area contributed by atoms with Crippen LogP contribution in [0, 0.1) is 5.92 Å². The van der Waals surface area contributed by atoms with Gasteiger partial charge in [0.15, 0.2) is 0 Å². The number of carbonyl (C=O) groups excluding carboxylic acids is 1. The second kappa shape index (κ2) is 5.49. The normalized spacial score (nSPS) is 30.3. The number of nitrogens with zero attached hydrogens (tertiary/aromatic N) is 1. The summed E-state index contributed by atoms with van der Waals surface area (Å²) >= 11 is 0. The Balaban J connectivity index is 2.01. The summed E-state index contributed by atoms with van der Waals surface area (Å²) in [5.74, 6) is -0.948. The molecule has 0 aromatic carbocycles. The molecule has 1 saturated carbocycles. The van der Waals surface area contributed by atoms with E-state index in [1.165, 1.54) is 11.3 Å². The van der Waals surface area contributed by atoms with Crippen molar-refractivity contribution in [2.75, 3.05) is 6.54 Å². The molecule has 5 nitrogen and oxygen atoms in total. The first-order chi connectivity index (χ1) is 8.93. The Morgan fingerprint density at radius 1 is 1.32 bits per heavy atom. The third kappa shape index (κ3) is 3.08. The number of aliphatic carboxylic acids is 1. The Morgan fingerprint density at radius 2 is 1.95 bits per heavy atom. The molecule has 0 bridgehead atoms. The number of rotatable bonds is 3. The van der Waals surface area contributed by atoms with Crippen LogP contribution in [0.1, 0.15) is 51.9 Å². The van der Waals surface area contributed by atoms with E-state index in [9.17, 15) is 14.7 Å². The molecule has 108 valence electrons. The number of hydrogen-bond acceptors (Lipinski definition) is 3. The highest BCUT2D eigenvalue weighted by atomic mass is 16.4. The van der Waals surface area contributed by atoms with Gasteiger partial charge in [-0.1, -0.05) is 26.2 Å².